The third-order valence-corrected chi connectivity index (χ3v) is 3.02. The zero-order chi connectivity index (χ0) is 8.81. The van der Waals surface area contributed by atoms with Gasteiger partial charge in [0, 0.05) is 0 Å². The average molecular weight is 184 g/mol. The highest BCUT2D eigenvalue weighted by Crippen LogP contribution is 2.30. The van der Waals surface area contributed by atoms with E-state index in [0.717, 1.165) is 5.92 Å². The van der Waals surface area contributed by atoms with Gasteiger partial charge >= 0.3 is 0 Å². The van der Waals surface area contributed by atoms with E-state index in [0.29, 0.717) is 0 Å². The highest BCUT2D eigenvalue weighted by Gasteiger charge is 2.13. The molecule has 1 aliphatic rings. The third-order valence-electron chi connectivity index (χ3n) is 2.65. The number of hydrogen-bond acceptors (Lipinski definition) is 1. The molecule has 0 saturated heterocycles. The third kappa shape index (κ3) is 3.66. The molecule has 1 unspecified atom stereocenters. The molecule has 0 spiro atoms. The maximum Gasteiger partial charge on any atom is -0.0193 e. The van der Waals surface area contributed by atoms with Crippen molar-refractivity contribution in [1.82, 2.24) is 0 Å². The lowest BCUT2D eigenvalue weighted by Gasteiger charge is -2.07. The number of allylic oxidation sites excluding steroid dienone is 2. The molecule has 0 aromatic heterocycles. The minimum Gasteiger partial charge on any atom is -0.148 e. The van der Waals surface area contributed by atoms with Gasteiger partial charge in [-0.2, -0.15) is 0 Å². The van der Waals surface area contributed by atoms with Crippen LogP contribution in [-0.4, -0.2) is 0 Å². The van der Waals surface area contributed by atoms with Crippen LogP contribution in [0.2, 0.25) is 0 Å². The fourth-order valence-corrected chi connectivity index (χ4v) is 2.21. The second kappa shape index (κ2) is 5.69. The van der Waals surface area contributed by atoms with E-state index in [1.165, 1.54) is 49.9 Å². The molecule has 0 aromatic carbocycles. The van der Waals surface area contributed by atoms with Crippen LogP contribution < -0.4 is 0 Å². The Morgan fingerprint density at radius 3 is 2.83 bits per heavy atom. The summed E-state index contributed by atoms with van der Waals surface area (Å²) in [7, 11) is 0. The minimum absolute atomic E-state index is 0.925. The summed E-state index contributed by atoms with van der Waals surface area (Å²) in [4.78, 5) is 1.32. The maximum absolute atomic E-state index is 4.38. The first-order valence-corrected chi connectivity index (χ1v) is 5.65. The standard InChI is InChI=1S/C11H20S/c1-2-3-4-5-6-10-7-8-11(12)9-10/h8,10,12H,2-7,9H2,1H3. The topological polar surface area (TPSA) is 0 Å². The van der Waals surface area contributed by atoms with Crippen LogP contribution in [0.4, 0.5) is 0 Å². The number of unbranched alkanes of at least 4 members (excludes halogenated alkanes) is 3. The Labute approximate surface area is 81.8 Å². The monoisotopic (exact) mass is 184 g/mol. The van der Waals surface area contributed by atoms with E-state index < -0.39 is 0 Å². The van der Waals surface area contributed by atoms with Crippen molar-refractivity contribution >= 4 is 12.6 Å². The van der Waals surface area contributed by atoms with Gasteiger partial charge in [-0.05, 0) is 30.1 Å². The van der Waals surface area contributed by atoms with Gasteiger partial charge in [0.15, 0.2) is 0 Å². The normalized spacial score (nSPS) is 22.8. The molecule has 0 aliphatic heterocycles. The first-order chi connectivity index (χ1) is 5.83. The van der Waals surface area contributed by atoms with Gasteiger partial charge in [-0.1, -0.05) is 38.7 Å². The molecular formula is C11H20S. The molecule has 0 fully saturated rings. The molecule has 0 amide bonds. The van der Waals surface area contributed by atoms with Crippen molar-refractivity contribution in [3.05, 3.63) is 11.0 Å². The molecule has 0 bridgehead atoms. The average Bonchev–Trinajstić information content (AvgIpc) is 2.45. The first kappa shape index (κ1) is 10.2. The van der Waals surface area contributed by atoms with Gasteiger partial charge in [-0.15, -0.1) is 12.6 Å². The molecule has 0 heterocycles. The lowest BCUT2D eigenvalue weighted by Crippen LogP contribution is -1.93. The van der Waals surface area contributed by atoms with Gasteiger partial charge in [0.05, 0.1) is 0 Å². The SMILES string of the molecule is CCCCCCC1CC=C(S)C1. The van der Waals surface area contributed by atoms with Crippen molar-refractivity contribution in [3.8, 4) is 0 Å². The van der Waals surface area contributed by atoms with Crippen LogP contribution in [0.15, 0.2) is 11.0 Å². The van der Waals surface area contributed by atoms with Crippen LogP contribution in [0.1, 0.15) is 51.9 Å². The Morgan fingerprint density at radius 2 is 2.25 bits per heavy atom. The quantitative estimate of drug-likeness (QED) is 0.481. The molecule has 1 aliphatic carbocycles. The lowest BCUT2D eigenvalue weighted by atomic mass is 9.99. The Morgan fingerprint density at radius 1 is 1.42 bits per heavy atom. The van der Waals surface area contributed by atoms with Gasteiger partial charge in [0.2, 0.25) is 0 Å². The molecule has 1 rings (SSSR count). The Kier molecular flexibility index (Phi) is 4.82. The number of thiol groups is 1. The van der Waals surface area contributed by atoms with Crippen molar-refractivity contribution in [2.24, 2.45) is 5.92 Å². The molecule has 0 N–H and O–H groups in total. The van der Waals surface area contributed by atoms with Crippen molar-refractivity contribution < 1.29 is 0 Å². The van der Waals surface area contributed by atoms with Crippen molar-refractivity contribution in [2.75, 3.05) is 0 Å². The molecule has 1 atom stereocenters. The summed E-state index contributed by atoms with van der Waals surface area (Å²) in [5, 5.41) is 0. The van der Waals surface area contributed by atoms with E-state index in [9.17, 15) is 0 Å². The maximum atomic E-state index is 4.38. The van der Waals surface area contributed by atoms with Gasteiger partial charge in [0.1, 0.15) is 0 Å². The molecule has 1 heteroatoms. The minimum atomic E-state index is 0.925. The van der Waals surface area contributed by atoms with Crippen LogP contribution in [0.5, 0.6) is 0 Å². The first-order valence-electron chi connectivity index (χ1n) is 5.21. The zero-order valence-electron chi connectivity index (χ0n) is 8.05. The van der Waals surface area contributed by atoms with E-state index in [4.69, 9.17) is 0 Å². The van der Waals surface area contributed by atoms with E-state index in [2.05, 4.69) is 25.6 Å². The van der Waals surface area contributed by atoms with E-state index >= 15 is 0 Å². The molecule has 0 radical (unpaired) electrons. The molecule has 0 nitrogen and oxygen atoms in total. The summed E-state index contributed by atoms with van der Waals surface area (Å²) in [6.07, 6.45) is 11.8. The smallest absolute Gasteiger partial charge is 0.0193 e. The van der Waals surface area contributed by atoms with Crippen LogP contribution >= 0.6 is 12.6 Å². The van der Waals surface area contributed by atoms with Crippen LogP contribution in [0, 0.1) is 5.92 Å². The van der Waals surface area contributed by atoms with Crippen LogP contribution in [0.25, 0.3) is 0 Å². The predicted molar refractivity (Wildman–Crippen MR) is 58.6 cm³/mol. The van der Waals surface area contributed by atoms with Crippen LogP contribution in [0.3, 0.4) is 0 Å². The van der Waals surface area contributed by atoms with Gasteiger partial charge in [-0.3, -0.25) is 0 Å². The highest BCUT2D eigenvalue weighted by molar-refractivity contribution is 7.84. The van der Waals surface area contributed by atoms with Crippen molar-refractivity contribution in [2.45, 2.75) is 51.9 Å². The Hall–Kier alpha value is 0.0900. The van der Waals surface area contributed by atoms with Gasteiger partial charge in [-0.25, -0.2) is 0 Å². The summed E-state index contributed by atoms with van der Waals surface area (Å²) in [6, 6.07) is 0. The van der Waals surface area contributed by atoms with Crippen LogP contribution in [-0.2, 0) is 0 Å². The van der Waals surface area contributed by atoms with Gasteiger partial charge in [0.25, 0.3) is 0 Å². The highest BCUT2D eigenvalue weighted by atomic mass is 32.1. The number of hydrogen-bond donors (Lipinski definition) is 1. The van der Waals surface area contributed by atoms with E-state index in [1.54, 1.807) is 0 Å². The van der Waals surface area contributed by atoms with Crippen molar-refractivity contribution in [3.63, 3.8) is 0 Å². The molecule has 0 saturated carbocycles. The Bertz CT molecular complexity index is 149. The summed E-state index contributed by atoms with van der Waals surface area (Å²) in [5.74, 6) is 0.925. The fourth-order valence-electron chi connectivity index (χ4n) is 1.84. The molecule has 12 heavy (non-hydrogen) atoms. The second-order valence-corrected chi connectivity index (χ2v) is 4.43. The zero-order valence-corrected chi connectivity index (χ0v) is 8.95. The lowest BCUT2D eigenvalue weighted by molar-refractivity contribution is 0.479. The van der Waals surface area contributed by atoms with E-state index in [-0.39, 0.29) is 0 Å². The van der Waals surface area contributed by atoms with E-state index in [1.807, 2.05) is 0 Å². The largest absolute Gasteiger partial charge is 0.148 e. The summed E-state index contributed by atoms with van der Waals surface area (Å²) in [5.41, 5.74) is 0. The summed E-state index contributed by atoms with van der Waals surface area (Å²) >= 11 is 4.38. The molecule has 70 valence electrons. The molecule has 0 aromatic rings. The second-order valence-electron chi connectivity index (χ2n) is 3.85. The van der Waals surface area contributed by atoms with Gasteiger partial charge < -0.3 is 0 Å². The number of rotatable bonds is 5. The summed E-state index contributed by atoms with van der Waals surface area (Å²) < 4.78 is 0. The predicted octanol–water partition coefficient (Wildman–Crippen LogP) is 4.18. The Balaban J connectivity index is 1.95. The fraction of sp³-hybridized carbons (Fsp3) is 0.818. The summed E-state index contributed by atoms with van der Waals surface area (Å²) in [6.45, 7) is 2.27. The molecular weight excluding hydrogens is 164 g/mol. The van der Waals surface area contributed by atoms with Crippen molar-refractivity contribution in [1.29, 1.82) is 0 Å².